The van der Waals surface area contributed by atoms with Gasteiger partial charge in [-0.25, -0.2) is 4.99 Å². The minimum absolute atomic E-state index is 0.179. The van der Waals surface area contributed by atoms with E-state index in [9.17, 15) is 10.5 Å². The fourth-order valence-corrected chi connectivity index (χ4v) is 6.06. The number of nitriles is 2. The maximum Gasteiger partial charge on any atom is 0.231 e. The van der Waals surface area contributed by atoms with Crippen LogP contribution in [0.1, 0.15) is 12.5 Å². The van der Waals surface area contributed by atoms with E-state index in [0.717, 1.165) is 5.56 Å². The number of halogens is 1. The normalized spacial score (nSPS) is 43.6. The first-order valence-electron chi connectivity index (χ1n) is 7.18. The summed E-state index contributed by atoms with van der Waals surface area (Å²) in [5, 5.41) is 19.5. The van der Waals surface area contributed by atoms with Gasteiger partial charge >= 0.3 is 0 Å². The molecule has 2 heterocycles. The largest absolute Gasteiger partial charge is 0.386 e. The van der Waals surface area contributed by atoms with Crippen LogP contribution in [0.4, 0.5) is 0 Å². The lowest BCUT2D eigenvalue weighted by atomic mass is 9.85. The second-order valence-corrected chi connectivity index (χ2v) is 7.82. The number of nitrogens with two attached hydrogens (primary N) is 1. The number of ether oxygens (including phenoxy) is 1. The summed E-state index contributed by atoms with van der Waals surface area (Å²) >= 11 is 7.58. The average Bonchev–Trinajstić information content (AvgIpc) is 2.82. The number of benzene rings is 1. The molecule has 0 radical (unpaired) electrons. The number of rotatable bonds is 1. The molecule has 3 aliphatic rings. The maximum atomic E-state index is 10.1. The van der Waals surface area contributed by atoms with Crippen molar-refractivity contribution >= 4 is 29.2 Å². The molecular formula is C16H13ClN4OS. The van der Waals surface area contributed by atoms with Crippen molar-refractivity contribution in [3.8, 4) is 12.1 Å². The lowest BCUT2D eigenvalue weighted by Gasteiger charge is -2.30. The third-order valence-electron chi connectivity index (χ3n) is 5.54. The summed E-state index contributed by atoms with van der Waals surface area (Å²) in [6, 6.07) is 11.9. The second-order valence-electron chi connectivity index (χ2n) is 6.13. The molecule has 5 nitrogen and oxygen atoms in total. The molecule has 0 unspecified atom stereocenters. The van der Waals surface area contributed by atoms with Crippen molar-refractivity contribution < 1.29 is 4.74 Å². The molecule has 1 spiro atoms. The maximum absolute atomic E-state index is 10.1. The third-order valence-corrected chi connectivity index (χ3v) is 7.05. The number of amidine groups is 1. The number of thioether (sulfide) groups is 1. The molecule has 0 bridgehead atoms. The first-order chi connectivity index (χ1) is 11.0. The summed E-state index contributed by atoms with van der Waals surface area (Å²) in [4.78, 5) is 4.44. The summed E-state index contributed by atoms with van der Waals surface area (Å²) in [5.41, 5.74) is 3.81. The molecule has 4 rings (SSSR count). The van der Waals surface area contributed by atoms with E-state index in [1.807, 2.05) is 19.1 Å². The smallest absolute Gasteiger partial charge is 0.231 e. The quantitative estimate of drug-likeness (QED) is 0.844. The number of aliphatic imine (C=N–C) groups is 1. The van der Waals surface area contributed by atoms with Gasteiger partial charge in [0.05, 0.1) is 18.7 Å². The number of hydrogen-bond acceptors (Lipinski definition) is 6. The topological polar surface area (TPSA) is 95.2 Å². The summed E-state index contributed by atoms with van der Waals surface area (Å²) in [5.74, 6) is 0.895. The van der Waals surface area contributed by atoms with Gasteiger partial charge in [0.15, 0.2) is 10.8 Å². The number of nitrogens with zero attached hydrogens (tertiary/aromatic N) is 3. The van der Waals surface area contributed by atoms with Crippen LogP contribution in [-0.2, 0) is 10.2 Å². The van der Waals surface area contributed by atoms with Crippen LogP contribution in [0.3, 0.4) is 0 Å². The van der Waals surface area contributed by atoms with Crippen molar-refractivity contribution in [2.45, 2.75) is 17.4 Å². The first-order valence-corrected chi connectivity index (χ1v) is 8.54. The van der Waals surface area contributed by atoms with Crippen molar-refractivity contribution in [3.05, 3.63) is 34.9 Å². The van der Waals surface area contributed by atoms with Gasteiger partial charge in [0.2, 0.25) is 5.06 Å². The highest BCUT2D eigenvalue weighted by Crippen LogP contribution is 2.87. The Hall–Kier alpha value is -1.73. The van der Waals surface area contributed by atoms with Crippen LogP contribution >= 0.6 is 23.4 Å². The fourth-order valence-electron chi connectivity index (χ4n) is 4.48. The molecule has 116 valence electrons. The zero-order valence-electron chi connectivity index (χ0n) is 12.3. The molecule has 1 saturated carbocycles. The van der Waals surface area contributed by atoms with Gasteiger partial charge < -0.3 is 10.5 Å². The van der Waals surface area contributed by atoms with Crippen LogP contribution in [0.15, 0.2) is 29.3 Å². The van der Waals surface area contributed by atoms with Crippen LogP contribution in [0.25, 0.3) is 0 Å². The lowest BCUT2D eigenvalue weighted by Crippen LogP contribution is -2.38. The molecule has 4 atom stereocenters. The van der Waals surface area contributed by atoms with Crippen LogP contribution in [0, 0.1) is 33.5 Å². The SMILES string of the molecule is C[C@]1(c2cccc(Cl)c2)[C@]2(C#N)C(N)=N[C@@]3(OCCS3)[C@@]21C#N. The Kier molecular flexibility index (Phi) is 2.72. The van der Waals surface area contributed by atoms with E-state index >= 15 is 0 Å². The average molecular weight is 345 g/mol. The molecule has 1 saturated heterocycles. The van der Waals surface area contributed by atoms with Crippen molar-refractivity contribution in [3.63, 3.8) is 0 Å². The van der Waals surface area contributed by atoms with Gasteiger partial charge in [-0.05, 0) is 17.7 Å². The molecule has 0 amide bonds. The van der Waals surface area contributed by atoms with Gasteiger partial charge in [0.25, 0.3) is 0 Å². The van der Waals surface area contributed by atoms with E-state index in [-0.39, 0.29) is 5.84 Å². The molecule has 2 fully saturated rings. The Bertz CT molecular complexity index is 837. The van der Waals surface area contributed by atoms with Gasteiger partial charge in [0, 0.05) is 16.2 Å². The van der Waals surface area contributed by atoms with E-state index in [0.29, 0.717) is 17.4 Å². The van der Waals surface area contributed by atoms with Gasteiger partial charge in [-0.3, -0.25) is 0 Å². The van der Waals surface area contributed by atoms with Crippen molar-refractivity contribution in [1.29, 1.82) is 10.5 Å². The zero-order valence-corrected chi connectivity index (χ0v) is 13.9. The van der Waals surface area contributed by atoms with E-state index in [1.54, 1.807) is 12.1 Å². The molecule has 1 aromatic rings. The molecule has 2 aliphatic heterocycles. The van der Waals surface area contributed by atoms with Crippen LogP contribution < -0.4 is 5.73 Å². The lowest BCUT2D eigenvalue weighted by molar-refractivity contribution is 0.0151. The highest BCUT2D eigenvalue weighted by atomic mass is 35.5. The molecule has 23 heavy (non-hydrogen) atoms. The van der Waals surface area contributed by atoms with Crippen molar-refractivity contribution in [1.82, 2.24) is 0 Å². The first kappa shape index (κ1) is 14.8. The minimum Gasteiger partial charge on any atom is -0.386 e. The Morgan fingerprint density at radius 2 is 2.17 bits per heavy atom. The molecule has 2 N–H and O–H groups in total. The Morgan fingerprint density at radius 3 is 2.74 bits per heavy atom. The van der Waals surface area contributed by atoms with Gasteiger partial charge in [-0.15, -0.1) is 0 Å². The Balaban J connectivity index is 2.02. The van der Waals surface area contributed by atoms with Crippen LogP contribution in [-0.4, -0.2) is 23.3 Å². The van der Waals surface area contributed by atoms with Crippen molar-refractivity contribution in [2.75, 3.05) is 12.4 Å². The fraction of sp³-hybridized carbons (Fsp3) is 0.438. The summed E-state index contributed by atoms with van der Waals surface area (Å²) in [6.07, 6.45) is 0. The predicted octanol–water partition coefficient (Wildman–Crippen LogP) is 2.42. The van der Waals surface area contributed by atoms with E-state index in [1.165, 1.54) is 11.8 Å². The van der Waals surface area contributed by atoms with Crippen LogP contribution in [0.5, 0.6) is 0 Å². The summed E-state index contributed by atoms with van der Waals surface area (Å²) in [6.45, 7) is 2.37. The van der Waals surface area contributed by atoms with Crippen LogP contribution in [0.2, 0.25) is 5.02 Å². The zero-order chi connectivity index (χ0) is 16.5. The monoisotopic (exact) mass is 344 g/mol. The third kappa shape index (κ3) is 1.23. The highest BCUT2D eigenvalue weighted by Gasteiger charge is 2.99. The van der Waals surface area contributed by atoms with Gasteiger partial charge in [-0.2, -0.15) is 10.5 Å². The second kappa shape index (κ2) is 4.21. The molecular weight excluding hydrogens is 332 g/mol. The summed E-state index contributed by atoms with van der Waals surface area (Å²) < 4.78 is 5.88. The summed E-state index contributed by atoms with van der Waals surface area (Å²) in [7, 11) is 0. The van der Waals surface area contributed by atoms with Crippen molar-refractivity contribution in [2.24, 2.45) is 21.6 Å². The standard InChI is InChI=1S/C16H13ClN4OS/c1-13(10-3-2-4-11(17)7-10)14(8-18)12(20)21-16(15(13,14)9-19)22-5-6-23-16/h2-4,7H,5-6H2,1H3,(H2,20,21)/t13-,14-,15+,16+/m0/s1. The van der Waals surface area contributed by atoms with E-state index < -0.39 is 21.3 Å². The Morgan fingerprint density at radius 1 is 1.39 bits per heavy atom. The molecule has 1 aromatic carbocycles. The van der Waals surface area contributed by atoms with Gasteiger partial charge in [0.1, 0.15) is 5.84 Å². The molecule has 7 heteroatoms. The molecule has 1 aliphatic carbocycles. The van der Waals surface area contributed by atoms with Gasteiger partial charge in [-0.1, -0.05) is 42.4 Å². The molecule has 0 aromatic heterocycles. The Labute approximate surface area is 143 Å². The van der Waals surface area contributed by atoms with E-state index in [4.69, 9.17) is 22.1 Å². The predicted molar refractivity (Wildman–Crippen MR) is 87.7 cm³/mol. The minimum atomic E-state index is -1.20. The number of fused-ring (bicyclic) bond motifs is 2. The number of hydrogen-bond donors (Lipinski definition) is 1. The highest BCUT2D eigenvalue weighted by molar-refractivity contribution is 8.00. The van der Waals surface area contributed by atoms with E-state index in [2.05, 4.69) is 17.1 Å².